The molecule has 0 aliphatic carbocycles. The van der Waals surface area contributed by atoms with E-state index in [9.17, 15) is 10.2 Å². The Morgan fingerprint density at radius 2 is 2.21 bits per heavy atom. The van der Waals surface area contributed by atoms with Gasteiger partial charge in [-0.05, 0) is 12.2 Å². The Kier molecular flexibility index (Phi) is 3.07. The lowest BCUT2D eigenvalue weighted by Gasteiger charge is -2.17. The van der Waals surface area contributed by atoms with Crippen molar-refractivity contribution in [1.29, 1.82) is 0 Å². The first-order chi connectivity index (χ1) is 9.11. The van der Waals surface area contributed by atoms with Gasteiger partial charge in [-0.25, -0.2) is 9.97 Å². The predicted molar refractivity (Wildman–Crippen MR) is 65.7 cm³/mol. The van der Waals surface area contributed by atoms with Crippen molar-refractivity contribution in [2.75, 3.05) is 6.61 Å². The maximum Gasteiger partial charge on any atom is 0.203 e. The van der Waals surface area contributed by atoms with Crippen LogP contribution in [-0.4, -0.2) is 59.8 Å². The van der Waals surface area contributed by atoms with Crippen molar-refractivity contribution in [3.8, 4) is 0 Å². The number of hydrogen-bond donors (Lipinski definition) is 4. The fourth-order valence-electron chi connectivity index (χ4n) is 2.11. The Balaban J connectivity index is 2.04. The van der Waals surface area contributed by atoms with E-state index in [-0.39, 0.29) is 11.4 Å². The minimum absolute atomic E-state index is 0.187. The van der Waals surface area contributed by atoms with Gasteiger partial charge in [-0.2, -0.15) is 0 Å². The largest absolute Gasteiger partial charge is 0.394 e. The van der Waals surface area contributed by atoms with Gasteiger partial charge in [0.15, 0.2) is 11.9 Å². The van der Waals surface area contributed by atoms with Gasteiger partial charge >= 0.3 is 0 Å². The van der Waals surface area contributed by atoms with Crippen LogP contribution < -0.4 is 0 Å². The molecule has 4 N–H and O–H groups in total. The molecule has 19 heavy (non-hydrogen) atoms. The Labute approximate surface area is 112 Å². The molecule has 102 valence electrons. The first kappa shape index (κ1) is 12.6. The number of aromatic nitrogens is 4. The number of fused-ring (bicyclic) bond motifs is 1. The van der Waals surface area contributed by atoms with Gasteiger partial charge in [0.25, 0.3) is 0 Å². The van der Waals surface area contributed by atoms with Crippen molar-refractivity contribution < 1.29 is 20.1 Å². The summed E-state index contributed by atoms with van der Waals surface area (Å²) in [7, 11) is 0. The van der Waals surface area contributed by atoms with E-state index in [0.29, 0.717) is 11.2 Å². The molecule has 1 fully saturated rings. The number of nitrogens with one attached hydrogen (secondary N) is 1. The third kappa shape index (κ3) is 1.95. The van der Waals surface area contributed by atoms with Gasteiger partial charge in [0.1, 0.15) is 23.8 Å². The summed E-state index contributed by atoms with van der Waals surface area (Å²) in [6.45, 7) is -0.389. The molecule has 0 spiro atoms. The highest BCUT2D eigenvalue weighted by atomic mass is 32.1. The first-order valence-electron chi connectivity index (χ1n) is 5.66. The highest BCUT2D eigenvalue weighted by Crippen LogP contribution is 2.29. The number of rotatable bonds is 2. The highest BCUT2D eigenvalue weighted by molar-refractivity contribution is 7.71. The molecule has 3 rings (SSSR count). The lowest BCUT2D eigenvalue weighted by atomic mass is 10.1. The molecular formula is C10H12N4O4S. The zero-order valence-corrected chi connectivity index (χ0v) is 10.5. The van der Waals surface area contributed by atoms with E-state index in [1.54, 1.807) is 6.20 Å². The number of hydrogen-bond acceptors (Lipinski definition) is 7. The van der Waals surface area contributed by atoms with Gasteiger partial charge in [0, 0.05) is 6.20 Å². The zero-order chi connectivity index (χ0) is 13.6. The van der Waals surface area contributed by atoms with Crippen LogP contribution in [0.15, 0.2) is 12.5 Å². The van der Waals surface area contributed by atoms with Crippen molar-refractivity contribution in [3.63, 3.8) is 0 Å². The minimum atomic E-state index is -1.19. The molecule has 2 aromatic rings. The number of ether oxygens (including phenoxy) is 1. The highest BCUT2D eigenvalue weighted by Gasteiger charge is 2.43. The third-order valence-electron chi connectivity index (χ3n) is 3.13. The molecule has 1 unspecified atom stereocenters. The number of nitrogens with zero attached hydrogens (tertiary/aromatic N) is 3. The number of H-pyrrole nitrogens is 1. The van der Waals surface area contributed by atoms with E-state index >= 15 is 0 Å². The summed E-state index contributed by atoms with van der Waals surface area (Å²) in [6.07, 6.45) is -1.05. The average molecular weight is 284 g/mol. The molecule has 1 saturated heterocycles. The fraction of sp³-hybridized carbons (Fsp3) is 0.500. The number of aliphatic hydroxyl groups excluding tert-OH is 3. The molecule has 1 aliphatic heterocycles. The summed E-state index contributed by atoms with van der Waals surface area (Å²) in [5.41, 5.74) is 1.10. The number of imidazole rings is 1. The normalized spacial score (nSPS) is 31.1. The third-order valence-corrected chi connectivity index (χ3v) is 3.43. The van der Waals surface area contributed by atoms with Crippen LogP contribution in [0.3, 0.4) is 0 Å². The first-order valence-corrected chi connectivity index (χ1v) is 6.07. The van der Waals surface area contributed by atoms with Gasteiger partial charge in [0.05, 0.1) is 12.9 Å². The lowest BCUT2D eigenvalue weighted by Crippen LogP contribution is -2.33. The summed E-state index contributed by atoms with van der Waals surface area (Å²) >= 11 is 5.12. The predicted octanol–water partition coefficient (Wildman–Crippen LogP) is -0.900. The maximum atomic E-state index is 9.95. The van der Waals surface area contributed by atoms with E-state index in [1.807, 2.05) is 0 Å². The van der Waals surface area contributed by atoms with Crippen molar-refractivity contribution >= 4 is 23.4 Å². The lowest BCUT2D eigenvalue weighted by molar-refractivity contribution is -0.0538. The van der Waals surface area contributed by atoms with Gasteiger partial charge in [0.2, 0.25) is 4.77 Å². The van der Waals surface area contributed by atoms with Crippen LogP contribution in [0.5, 0.6) is 0 Å². The number of aliphatic hydroxyl groups is 3. The van der Waals surface area contributed by atoms with E-state index in [4.69, 9.17) is 22.1 Å². The molecule has 0 amide bonds. The van der Waals surface area contributed by atoms with Gasteiger partial charge in [-0.15, -0.1) is 0 Å². The SMILES string of the molecule is OC[C@H]1O[C@@H](n2cc3nc[nH]c3nc2=S)[C@@H](O)C1O. The van der Waals surface area contributed by atoms with Gasteiger partial charge in [-0.3, -0.25) is 4.57 Å². The topological polar surface area (TPSA) is 116 Å². The summed E-state index contributed by atoms with van der Waals surface area (Å²) in [4.78, 5) is 11.0. The number of aromatic amines is 1. The van der Waals surface area contributed by atoms with Crippen LogP contribution in [0.2, 0.25) is 0 Å². The Morgan fingerprint density at radius 3 is 2.89 bits per heavy atom. The van der Waals surface area contributed by atoms with Crippen LogP contribution in [0, 0.1) is 4.77 Å². The molecule has 8 nitrogen and oxygen atoms in total. The summed E-state index contributed by atoms with van der Waals surface area (Å²) < 4.78 is 7.00. The molecule has 0 saturated carbocycles. The Morgan fingerprint density at radius 1 is 1.42 bits per heavy atom. The summed E-state index contributed by atoms with van der Waals surface area (Å²) in [6, 6.07) is 0. The van der Waals surface area contributed by atoms with Gasteiger partial charge in [-0.1, -0.05) is 0 Å². The van der Waals surface area contributed by atoms with Crippen molar-refractivity contribution in [2.24, 2.45) is 0 Å². The molecule has 3 heterocycles. The molecular weight excluding hydrogens is 272 g/mol. The quantitative estimate of drug-likeness (QED) is 0.528. The monoisotopic (exact) mass is 284 g/mol. The average Bonchev–Trinajstić information content (AvgIpc) is 2.95. The molecule has 2 aromatic heterocycles. The van der Waals surface area contributed by atoms with Crippen LogP contribution in [-0.2, 0) is 4.74 Å². The van der Waals surface area contributed by atoms with Crippen LogP contribution in [0.25, 0.3) is 11.2 Å². The minimum Gasteiger partial charge on any atom is -0.394 e. The van der Waals surface area contributed by atoms with Crippen molar-refractivity contribution in [1.82, 2.24) is 19.5 Å². The summed E-state index contributed by atoms with van der Waals surface area (Å²) in [5.74, 6) is 0. The second-order valence-corrected chi connectivity index (χ2v) is 4.66. The van der Waals surface area contributed by atoms with E-state index in [2.05, 4.69) is 15.0 Å². The van der Waals surface area contributed by atoms with Crippen LogP contribution in [0.4, 0.5) is 0 Å². The van der Waals surface area contributed by atoms with Gasteiger partial charge < -0.3 is 25.0 Å². The molecule has 9 heteroatoms. The van der Waals surface area contributed by atoms with Crippen LogP contribution in [0.1, 0.15) is 6.23 Å². The standard InChI is InChI=1S/C10H12N4O4S/c15-2-5-6(16)7(17)9(18-5)14-1-4-8(12-3-11-4)13-10(14)19/h1,3,5-7,9,15-17H,2H2,(H,11,12,13,19)/t5-,6?,7+,9-/m1/s1. The fourth-order valence-corrected chi connectivity index (χ4v) is 2.36. The molecule has 4 atom stereocenters. The van der Waals surface area contributed by atoms with Crippen molar-refractivity contribution in [3.05, 3.63) is 17.3 Å². The second-order valence-electron chi connectivity index (χ2n) is 4.30. The zero-order valence-electron chi connectivity index (χ0n) is 9.67. The Bertz CT molecular complexity index is 656. The van der Waals surface area contributed by atoms with E-state index in [1.165, 1.54) is 10.9 Å². The molecule has 0 bridgehead atoms. The maximum absolute atomic E-state index is 9.95. The molecule has 1 aliphatic rings. The van der Waals surface area contributed by atoms with E-state index in [0.717, 1.165) is 0 Å². The van der Waals surface area contributed by atoms with Crippen LogP contribution >= 0.6 is 12.2 Å². The summed E-state index contributed by atoms with van der Waals surface area (Å²) in [5, 5.41) is 28.7. The molecule has 0 radical (unpaired) electrons. The van der Waals surface area contributed by atoms with Crippen molar-refractivity contribution in [2.45, 2.75) is 24.5 Å². The Hall–Kier alpha value is -1.39. The second kappa shape index (κ2) is 4.62. The van der Waals surface area contributed by atoms with E-state index < -0.39 is 24.5 Å². The smallest absolute Gasteiger partial charge is 0.203 e. The molecule has 0 aromatic carbocycles.